The van der Waals surface area contributed by atoms with Crippen LogP contribution in [0, 0.1) is 0 Å². The lowest BCUT2D eigenvalue weighted by molar-refractivity contribution is -0.121. The van der Waals surface area contributed by atoms with Gasteiger partial charge in [-0.05, 0) is 29.9 Å². The van der Waals surface area contributed by atoms with Gasteiger partial charge in [-0.25, -0.2) is 0 Å². The van der Waals surface area contributed by atoms with Crippen LogP contribution >= 0.6 is 0 Å². The summed E-state index contributed by atoms with van der Waals surface area (Å²) in [7, 11) is 1.69. The predicted octanol–water partition coefficient (Wildman–Crippen LogP) is 3.01. The van der Waals surface area contributed by atoms with Crippen LogP contribution in [-0.4, -0.2) is 23.3 Å². The molecular formula is C16H19NO2. The highest BCUT2D eigenvalue weighted by Crippen LogP contribution is 2.41. The fourth-order valence-corrected chi connectivity index (χ4v) is 3.24. The minimum Gasteiger partial charge on any atom is -0.382 e. The van der Waals surface area contributed by atoms with Gasteiger partial charge >= 0.3 is 0 Å². The van der Waals surface area contributed by atoms with Gasteiger partial charge in [0, 0.05) is 24.9 Å². The SMILES string of the molecule is COC1CCCCC1(O)c1cccc2cnccc12. The highest BCUT2D eigenvalue weighted by atomic mass is 16.5. The maximum atomic E-state index is 11.2. The number of aromatic nitrogens is 1. The average Bonchev–Trinajstić information content (AvgIpc) is 2.47. The minimum atomic E-state index is -0.881. The number of hydrogen-bond donors (Lipinski definition) is 1. The highest BCUT2D eigenvalue weighted by molar-refractivity contribution is 5.85. The van der Waals surface area contributed by atoms with E-state index in [0.717, 1.165) is 42.0 Å². The lowest BCUT2D eigenvalue weighted by Crippen LogP contribution is -2.43. The number of pyridine rings is 1. The lowest BCUT2D eigenvalue weighted by Gasteiger charge is -2.40. The van der Waals surface area contributed by atoms with Gasteiger partial charge in [-0.2, -0.15) is 0 Å². The summed E-state index contributed by atoms with van der Waals surface area (Å²) >= 11 is 0. The van der Waals surface area contributed by atoms with E-state index in [0.29, 0.717) is 0 Å². The van der Waals surface area contributed by atoms with Gasteiger partial charge < -0.3 is 9.84 Å². The van der Waals surface area contributed by atoms with Crippen LogP contribution in [-0.2, 0) is 10.3 Å². The van der Waals surface area contributed by atoms with Gasteiger partial charge in [-0.15, -0.1) is 0 Å². The Kier molecular flexibility index (Phi) is 3.25. The zero-order valence-electron chi connectivity index (χ0n) is 11.2. The Morgan fingerprint density at radius 2 is 2.21 bits per heavy atom. The number of ether oxygens (including phenoxy) is 1. The summed E-state index contributed by atoms with van der Waals surface area (Å²) in [5, 5.41) is 13.3. The molecule has 0 spiro atoms. The lowest BCUT2D eigenvalue weighted by atomic mass is 9.76. The monoisotopic (exact) mass is 257 g/mol. The third-order valence-corrected chi connectivity index (χ3v) is 4.24. The molecule has 100 valence electrons. The van der Waals surface area contributed by atoms with E-state index in [9.17, 15) is 5.11 Å². The zero-order valence-corrected chi connectivity index (χ0v) is 11.2. The van der Waals surface area contributed by atoms with E-state index in [4.69, 9.17) is 4.74 Å². The van der Waals surface area contributed by atoms with Crippen LogP contribution in [0.15, 0.2) is 36.7 Å². The van der Waals surface area contributed by atoms with Crippen LogP contribution in [0.5, 0.6) is 0 Å². The maximum absolute atomic E-state index is 11.2. The van der Waals surface area contributed by atoms with Gasteiger partial charge in [0.05, 0.1) is 6.10 Å². The predicted molar refractivity (Wildman–Crippen MR) is 74.9 cm³/mol. The van der Waals surface area contributed by atoms with E-state index < -0.39 is 5.60 Å². The van der Waals surface area contributed by atoms with Crippen molar-refractivity contribution in [3.8, 4) is 0 Å². The molecule has 1 heterocycles. The molecule has 1 aromatic heterocycles. The molecule has 3 heteroatoms. The van der Waals surface area contributed by atoms with Crippen molar-refractivity contribution in [2.24, 2.45) is 0 Å². The normalized spacial score (nSPS) is 27.6. The Hall–Kier alpha value is -1.45. The fraction of sp³-hybridized carbons (Fsp3) is 0.438. The summed E-state index contributed by atoms with van der Waals surface area (Å²) in [6.07, 6.45) is 7.32. The third kappa shape index (κ3) is 2.03. The molecule has 0 amide bonds. The summed E-state index contributed by atoms with van der Waals surface area (Å²) in [6, 6.07) is 8.00. The van der Waals surface area contributed by atoms with Crippen molar-refractivity contribution in [1.29, 1.82) is 0 Å². The molecule has 1 fully saturated rings. The molecule has 0 radical (unpaired) electrons. The van der Waals surface area contributed by atoms with Gasteiger partial charge in [0.2, 0.25) is 0 Å². The smallest absolute Gasteiger partial charge is 0.116 e. The zero-order chi connectivity index (χ0) is 13.3. The number of aliphatic hydroxyl groups is 1. The standard InChI is InChI=1S/C16H19NO2/c1-19-15-7-2-3-9-16(15,18)14-6-4-5-12-11-17-10-8-13(12)14/h4-6,8,10-11,15,18H,2-3,7,9H2,1H3. The van der Waals surface area contributed by atoms with Gasteiger partial charge in [-0.1, -0.05) is 31.0 Å². The van der Waals surface area contributed by atoms with Crippen LogP contribution < -0.4 is 0 Å². The van der Waals surface area contributed by atoms with Crippen LogP contribution in [0.1, 0.15) is 31.2 Å². The van der Waals surface area contributed by atoms with Gasteiger partial charge in [0.1, 0.15) is 5.60 Å². The molecule has 0 aliphatic heterocycles. The van der Waals surface area contributed by atoms with Crippen molar-refractivity contribution in [1.82, 2.24) is 4.98 Å². The van der Waals surface area contributed by atoms with Crippen molar-refractivity contribution in [2.45, 2.75) is 37.4 Å². The summed E-state index contributed by atoms with van der Waals surface area (Å²) in [5.74, 6) is 0. The van der Waals surface area contributed by atoms with Crippen LogP contribution in [0.4, 0.5) is 0 Å². The van der Waals surface area contributed by atoms with Crippen molar-refractivity contribution in [3.05, 3.63) is 42.2 Å². The molecular weight excluding hydrogens is 238 g/mol. The molecule has 2 atom stereocenters. The Morgan fingerprint density at radius 3 is 3.05 bits per heavy atom. The van der Waals surface area contributed by atoms with Crippen LogP contribution in [0.3, 0.4) is 0 Å². The molecule has 3 rings (SSSR count). The van der Waals surface area contributed by atoms with E-state index >= 15 is 0 Å². The summed E-state index contributed by atoms with van der Waals surface area (Å²) < 4.78 is 5.54. The Morgan fingerprint density at radius 1 is 1.32 bits per heavy atom. The summed E-state index contributed by atoms with van der Waals surface area (Å²) in [4.78, 5) is 4.15. The first-order valence-corrected chi connectivity index (χ1v) is 6.84. The first-order chi connectivity index (χ1) is 9.25. The summed E-state index contributed by atoms with van der Waals surface area (Å²) in [5.41, 5.74) is 0.0902. The fourth-order valence-electron chi connectivity index (χ4n) is 3.24. The Labute approximate surface area is 113 Å². The second-order valence-electron chi connectivity index (χ2n) is 5.30. The number of benzene rings is 1. The molecule has 3 nitrogen and oxygen atoms in total. The maximum Gasteiger partial charge on any atom is 0.116 e. The molecule has 1 N–H and O–H groups in total. The number of nitrogens with zero attached hydrogens (tertiary/aromatic N) is 1. The van der Waals surface area contributed by atoms with E-state index in [-0.39, 0.29) is 6.10 Å². The molecule has 2 aromatic rings. The molecule has 19 heavy (non-hydrogen) atoms. The molecule has 0 saturated heterocycles. The molecule has 1 aliphatic rings. The van der Waals surface area contributed by atoms with E-state index in [1.165, 1.54) is 0 Å². The summed E-state index contributed by atoms with van der Waals surface area (Å²) in [6.45, 7) is 0. The first-order valence-electron chi connectivity index (χ1n) is 6.84. The van der Waals surface area contributed by atoms with Crippen molar-refractivity contribution in [2.75, 3.05) is 7.11 Å². The van der Waals surface area contributed by atoms with Crippen molar-refractivity contribution < 1.29 is 9.84 Å². The van der Waals surface area contributed by atoms with Gasteiger partial charge in [-0.3, -0.25) is 4.98 Å². The number of hydrogen-bond acceptors (Lipinski definition) is 3. The second-order valence-corrected chi connectivity index (χ2v) is 5.30. The number of rotatable bonds is 2. The molecule has 2 unspecified atom stereocenters. The molecule has 0 bridgehead atoms. The van der Waals surface area contributed by atoms with Crippen molar-refractivity contribution >= 4 is 10.8 Å². The molecule has 1 aromatic carbocycles. The first kappa shape index (κ1) is 12.6. The van der Waals surface area contributed by atoms with Gasteiger partial charge in [0.25, 0.3) is 0 Å². The quantitative estimate of drug-likeness (QED) is 0.899. The average molecular weight is 257 g/mol. The van der Waals surface area contributed by atoms with Gasteiger partial charge in [0.15, 0.2) is 0 Å². The molecule has 1 saturated carbocycles. The van der Waals surface area contributed by atoms with E-state index in [2.05, 4.69) is 4.98 Å². The van der Waals surface area contributed by atoms with Crippen LogP contribution in [0.2, 0.25) is 0 Å². The Balaban J connectivity index is 2.16. The molecule has 1 aliphatic carbocycles. The van der Waals surface area contributed by atoms with E-state index in [1.807, 2.05) is 30.5 Å². The number of fused-ring (bicyclic) bond motifs is 1. The highest BCUT2D eigenvalue weighted by Gasteiger charge is 2.41. The minimum absolute atomic E-state index is 0.125. The second kappa shape index (κ2) is 4.91. The third-order valence-electron chi connectivity index (χ3n) is 4.24. The van der Waals surface area contributed by atoms with Crippen LogP contribution in [0.25, 0.3) is 10.8 Å². The topological polar surface area (TPSA) is 42.4 Å². The number of methoxy groups -OCH3 is 1. The van der Waals surface area contributed by atoms with Crippen molar-refractivity contribution in [3.63, 3.8) is 0 Å². The Bertz CT molecular complexity index is 578. The van der Waals surface area contributed by atoms with E-state index in [1.54, 1.807) is 13.3 Å². The largest absolute Gasteiger partial charge is 0.382 e.